The van der Waals surface area contributed by atoms with Crippen molar-refractivity contribution in [2.45, 2.75) is 37.7 Å². The number of aliphatic hydroxyl groups is 1. The number of ketones is 1. The molecule has 2 aromatic carbocycles. The molecule has 26 heavy (non-hydrogen) atoms. The van der Waals surface area contributed by atoms with Gasteiger partial charge in [-0.1, -0.05) is 28.1 Å². The van der Waals surface area contributed by atoms with Crippen molar-refractivity contribution in [2.75, 3.05) is 11.9 Å². The highest BCUT2D eigenvalue weighted by atomic mass is 79.9. The molecule has 0 spiro atoms. The number of aryl methyl sites for hydroxylation is 2. The fraction of sp³-hybridized carbons (Fsp3) is 0.333. The first-order chi connectivity index (χ1) is 12.4. The molecule has 1 aliphatic heterocycles. The predicted octanol–water partition coefficient (Wildman–Crippen LogP) is 3.76. The van der Waals surface area contributed by atoms with Gasteiger partial charge in [-0.25, -0.2) is 0 Å². The molecule has 1 aliphatic carbocycles. The van der Waals surface area contributed by atoms with E-state index in [1.54, 1.807) is 19.2 Å². The Morgan fingerprint density at radius 3 is 2.65 bits per heavy atom. The minimum absolute atomic E-state index is 0.213. The summed E-state index contributed by atoms with van der Waals surface area (Å²) < 4.78 is 0.763. The molecule has 5 heteroatoms. The van der Waals surface area contributed by atoms with Crippen LogP contribution in [0.2, 0.25) is 0 Å². The third-order valence-corrected chi connectivity index (χ3v) is 6.00. The van der Waals surface area contributed by atoms with Gasteiger partial charge >= 0.3 is 0 Å². The summed E-state index contributed by atoms with van der Waals surface area (Å²) in [7, 11) is 1.62. The highest BCUT2D eigenvalue weighted by molar-refractivity contribution is 9.10. The normalized spacial score (nSPS) is 21.5. The molecule has 1 N–H and O–H groups in total. The second kappa shape index (κ2) is 6.32. The lowest BCUT2D eigenvalue weighted by molar-refractivity contribution is -0.135. The summed E-state index contributed by atoms with van der Waals surface area (Å²) in [6.07, 6.45) is 4.11. The summed E-state index contributed by atoms with van der Waals surface area (Å²) in [6, 6.07) is 11.1. The second-order valence-corrected chi connectivity index (χ2v) is 8.09. The van der Waals surface area contributed by atoms with Crippen LogP contribution in [0.3, 0.4) is 0 Å². The van der Waals surface area contributed by atoms with Gasteiger partial charge in [0.15, 0.2) is 11.4 Å². The summed E-state index contributed by atoms with van der Waals surface area (Å²) in [4.78, 5) is 27.0. The van der Waals surface area contributed by atoms with Crippen LogP contribution >= 0.6 is 15.9 Å². The number of nitrogens with zero attached hydrogens (tertiary/aromatic N) is 1. The highest BCUT2D eigenvalue weighted by Gasteiger charge is 2.49. The third-order valence-electron chi connectivity index (χ3n) is 5.51. The number of benzene rings is 2. The third kappa shape index (κ3) is 2.70. The summed E-state index contributed by atoms with van der Waals surface area (Å²) in [5.74, 6) is -0.674. The van der Waals surface area contributed by atoms with Crippen LogP contribution in [-0.4, -0.2) is 23.8 Å². The second-order valence-electron chi connectivity index (χ2n) is 7.18. The van der Waals surface area contributed by atoms with Crippen molar-refractivity contribution in [3.63, 3.8) is 0 Å². The molecule has 0 aromatic heterocycles. The van der Waals surface area contributed by atoms with Gasteiger partial charge in [-0.3, -0.25) is 9.59 Å². The van der Waals surface area contributed by atoms with Crippen molar-refractivity contribution in [1.29, 1.82) is 0 Å². The van der Waals surface area contributed by atoms with Crippen molar-refractivity contribution >= 4 is 33.3 Å². The first-order valence-corrected chi connectivity index (χ1v) is 9.65. The minimum atomic E-state index is -1.82. The summed E-state index contributed by atoms with van der Waals surface area (Å²) in [5, 5.41) is 11.1. The maximum Gasteiger partial charge on any atom is 0.263 e. The zero-order chi connectivity index (χ0) is 18.5. The minimum Gasteiger partial charge on any atom is -0.375 e. The highest BCUT2D eigenvalue weighted by Crippen LogP contribution is 2.43. The molecule has 2 aliphatic rings. The summed E-state index contributed by atoms with van der Waals surface area (Å²) in [6.45, 7) is 0. The van der Waals surface area contributed by atoms with E-state index in [2.05, 4.69) is 15.9 Å². The van der Waals surface area contributed by atoms with Crippen LogP contribution in [0.25, 0.3) is 0 Å². The smallest absolute Gasteiger partial charge is 0.263 e. The largest absolute Gasteiger partial charge is 0.375 e. The van der Waals surface area contributed by atoms with Crippen LogP contribution in [0.4, 0.5) is 5.69 Å². The quantitative estimate of drug-likeness (QED) is 0.779. The van der Waals surface area contributed by atoms with Gasteiger partial charge in [0.25, 0.3) is 5.91 Å². The van der Waals surface area contributed by atoms with Crippen LogP contribution in [0.1, 0.15) is 46.3 Å². The van der Waals surface area contributed by atoms with Crippen LogP contribution in [0.5, 0.6) is 0 Å². The van der Waals surface area contributed by atoms with E-state index in [-0.39, 0.29) is 12.2 Å². The number of carbonyl (C=O) groups is 2. The number of Topliss-reactive ketones (excluding diaryl/α,β-unsaturated/α-hetero) is 1. The SMILES string of the molecule is CN1C(=O)C(O)(CC(=O)c2ccc3c(c2)CCCC3)c2cc(Br)ccc21. The van der Waals surface area contributed by atoms with E-state index in [0.717, 1.165) is 23.7 Å². The molecular formula is C21H20BrNO3. The van der Waals surface area contributed by atoms with E-state index in [4.69, 9.17) is 0 Å². The Balaban J connectivity index is 1.67. The molecule has 4 nitrogen and oxygen atoms in total. The van der Waals surface area contributed by atoms with Gasteiger partial charge in [0.1, 0.15) is 0 Å². The lowest BCUT2D eigenvalue weighted by Gasteiger charge is -2.22. The van der Waals surface area contributed by atoms with Gasteiger partial charge in [-0.15, -0.1) is 0 Å². The van der Waals surface area contributed by atoms with E-state index in [1.807, 2.05) is 24.3 Å². The predicted molar refractivity (Wildman–Crippen MR) is 103 cm³/mol. The maximum atomic E-state index is 12.9. The van der Waals surface area contributed by atoms with E-state index < -0.39 is 11.5 Å². The van der Waals surface area contributed by atoms with Gasteiger partial charge in [-0.2, -0.15) is 0 Å². The fourth-order valence-electron chi connectivity index (χ4n) is 4.05. The van der Waals surface area contributed by atoms with E-state index in [0.29, 0.717) is 16.8 Å². The molecule has 1 amide bonds. The average Bonchev–Trinajstić information content (AvgIpc) is 2.82. The Morgan fingerprint density at radius 1 is 1.15 bits per heavy atom. The number of amides is 1. The molecule has 1 atom stereocenters. The number of anilines is 1. The first-order valence-electron chi connectivity index (χ1n) is 8.86. The summed E-state index contributed by atoms with van der Waals surface area (Å²) in [5.41, 5.74) is 2.38. The van der Waals surface area contributed by atoms with Crippen molar-refractivity contribution < 1.29 is 14.7 Å². The number of rotatable bonds is 3. The number of hydrogen-bond acceptors (Lipinski definition) is 3. The molecule has 1 unspecified atom stereocenters. The molecule has 0 saturated heterocycles. The molecule has 2 aromatic rings. The van der Waals surface area contributed by atoms with Crippen LogP contribution in [-0.2, 0) is 23.2 Å². The average molecular weight is 414 g/mol. The molecule has 1 heterocycles. The standard InChI is InChI=1S/C21H20BrNO3/c1-23-18-9-8-16(22)11-17(18)21(26,20(23)25)12-19(24)15-7-6-13-4-2-3-5-14(13)10-15/h6-11,26H,2-5,12H2,1H3. The molecule has 0 bridgehead atoms. The zero-order valence-electron chi connectivity index (χ0n) is 14.6. The lowest BCUT2D eigenvalue weighted by atomic mass is 9.85. The first kappa shape index (κ1) is 17.4. The van der Waals surface area contributed by atoms with Crippen molar-refractivity contribution in [1.82, 2.24) is 0 Å². The van der Waals surface area contributed by atoms with Gasteiger partial charge in [0, 0.05) is 22.6 Å². The van der Waals surface area contributed by atoms with Crippen molar-refractivity contribution in [3.8, 4) is 0 Å². The maximum absolute atomic E-state index is 12.9. The van der Waals surface area contributed by atoms with Crippen LogP contribution in [0, 0.1) is 0 Å². The Morgan fingerprint density at radius 2 is 1.88 bits per heavy atom. The number of likely N-dealkylation sites (N-methyl/N-ethyl adjacent to an activating group) is 1. The fourth-order valence-corrected chi connectivity index (χ4v) is 4.41. The molecular weight excluding hydrogens is 394 g/mol. The molecule has 4 rings (SSSR count). The molecule has 0 radical (unpaired) electrons. The monoisotopic (exact) mass is 413 g/mol. The van der Waals surface area contributed by atoms with Gasteiger partial charge < -0.3 is 10.0 Å². The van der Waals surface area contributed by atoms with Crippen LogP contribution < -0.4 is 4.90 Å². The van der Waals surface area contributed by atoms with Crippen LogP contribution in [0.15, 0.2) is 40.9 Å². The van der Waals surface area contributed by atoms with E-state index in [9.17, 15) is 14.7 Å². The number of fused-ring (bicyclic) bond motifs is 2. The number of hydrogen-bond donors (Lipinski definition) is 1. The van der Waals surface area contributed by atoms with Gasteiger partial charge in [0.2, 0.25) is 0 Å². The summed E-state index contributed by atoms with van der Waals surface area (Å²) >= 11 is 3.38. The van der Waals surface area contributed by atoms with Gasteiger partial charge in [-0.05, 0) is 61.1 Å². The molecule has 134 valence electrons. The molecule has 0 saturated carbocycles. The Kier molecular flexibility index (Phi) is 4.24. The topological polar surface area (TPSA) is 57.6 Å². The van der Waals surface area contributed by atoms with Crippen molar-refractivity contribution in [2.24, 2.45) is 0 Å². The number of carbonyl (C=O) groups excluding carboxylic acids is 2. The lowest BCUT2D eigenvalue weighted by Crippen LogP contribution is -2.40. The van der Waals surface area contributed by atoms with E-state index in [1.165, 1.54) is 22.4 Å². The zero-order valence-corrected chi connectivity index (χ0v) is 16.2. The van der Waals surface area contributed by atoms with Crippen molar-refractivity contribution in [3.05, 3.63) is 63.1 Å². The Bertz CT molecular complexity index is 923. The Labute approximate surface area is 161 Å². The molecule has 0 fully saturated rings. The van der Waals surface area contributed by atoms with E-state index >= 15 is 0 Å². The Hall–Kier alpha value is -1.98. The van der Waals surface area contributed by atoms with Gasteiger partial charge in [0.05, 0.1) is 12.1 Å². The number of halogens is 1.